The number of hydrogen-bond donors (Lipinski definition) is 0. The maximum Gasteiger partial charge on any atom is 0.310 e. The molecule has 0 radical (unpaired) electrons. The number of rotatable bonds is 6. The Bertz CT molecular complexity index is 512. The maximum atomic E-state index is 12.9. The van der Waals surface area contributed by atoms with Crippen LogP contribution in [0.15, 0.2) is 24.4 Å². The summed E-state index contributed by atoms with van der Waals surface area (Å²) in [5, 5.41) is 0. The second kappa shape index (κ2) is 8.65. The first-order valence-corrected chi connectivity index (χ1v) is 8.38. The lowest BCUT2D eigenvalue weighted by atomic mass is 9.88. The zero-order chi connectivity index (χ0) is 16.7. The van der Waals surface area contributed by atoms with Gasteiger partial charge in [-0.05, 0) is 25.0 Å². The van der Waals surface area contributed by atoms with Gasteiger partial charge in [-0.25, -0.2) is 0 Å². The molecule has 1 unspecified atom stereocenters. The van der Waals surface area contributed by atoms with Crippen LogP contribution >= 0.6 is 0 Å². The van der Waals surface area contributed by atoms with Crippen LogP contribution in [0.3, 0.4) is 0 Å². The van der Waals surface area contributed by atoms with Crippen molar-refractivity contribution in [1.82, 2.24) is 9.88 Å². The lowest BCUT2D eigenvalue weighted by Crippen LogP contribution is -2.41. The summed E-state index contributed by atoms with van der Waals surface area (Å²) in [5.41, 5.74) is 0.841. The van der Waals surface area contributed by atoms with Crippen molar-refractivity contribution < 1.29 is 14.3 Å². The predicted molar refractivity (Wildman–Crippen MR) is 87.4 cm³/mol. The average molecular weight is 318 g/mol. The van der Waals surface area contributed by atoms with Crippen LogP contribution in [0.4, 0.5) is 0 Å². The van der Waals surface area contributed by atoms with E-state index in [9.17, 15) is 9.59 Å². The van der Waals surface area contributed by atoms with Crippen LogP contribution in [0.5, 0.6) is 0 Å². The van der Waals surface area contributed by atoms with Crippen molar-refractivity contribution in [3.8, 4) is 0 Å². The Morgan fingerprint density at radius 3 is 2.65 bits per heavy atom. The van der Waals surface area contributed by atoms with Crippen LogP contribution in [0.2, 0.25) is 0 Å². The molecule has 5 heteroatoms. The van der Waals surface area contributed by atoms with E-state index in [1.165, 1.54) is 13.5 Å². The van der Waals surface area contributed by atoms with Gasteiger partial charge < -0.3 is 9.64 Å². The predicted octanol–water partition coefficient (Wildman–Crippen LogP) is 2.80. The van der Waals surface area contributed by atoms with Crippen LogP contribution in [-0.4, -0.2) is 35.4 Å². The lowest BCUT2D eigenvalue weighted by Gasteiger charge is -2.30. The van der Waals surface area contributed by atoms with Crippen molar-refractivity contribution in [3.63, 3.8) is 0 Å². The van der Waals surface area contributed by atoms with Gasteiger partial charge in [0.15, 0.2) is 0 Å². The van der Waals surface area contributed by atoms with Crippen LogP contribution in [0.1, 0.15) is 44.7 Å². The fourth-order valence-corrected chi connectivity index (χ4v) is 3.13. The molecule has 1 aliphatic carbocycles. The summed E-state index contributed by atoms with van der Waals surface area (Å²) in [6.45, 7) is 2.61. The Labute approximate surface area is 138 Å². The quantitative estimate of drug-likeness (QED) is 0.757. The first-order valence-electron chi connectivity index (χ1n) is 8.38. The molecule has 23 heavy (non-hydrogen) atoms. The zero-order valence-corrected chi connectivity index (χ0v) is 14.0. The minimum absolute atomic E-state index is 0.0808. The summed E-state index contributed by atoms with van der Waals surface area (Å²) in [5.74, 6) is -0.396. The van der Waals surface area contributed by atoms with Gasteiger partial charge in [-0.15, -0.1) is 0 Å². The van der Waals surface area contributed by atoms with Gasteiger partial charge in [0.1, 0.15) is 0 Å². The van der Waals surface area contributed by atoms with E-state index in [2.05, 4.69) is 4.98 Å². The van der Waals surface area contributed by atoms with Gasteiger partial charge in [0.05, 0.1) is 25.3 Å². The van der Waals surface area contributed by atoms with Crippen molar-refractivity contribution in [2.24, 2.45) is 11.8 Å². The number of nitrogens with zero attached hydrogens (tertiary/aromatic N) is 2. The highest BCUT2D eigenvalue weighted by molar-refractivity contribution is 5.80. The Balaban J connectivity index is 2.09. The van der Waals surface area contributed by atoms with Gasteiger partial charge in [0, 0.05) is 18.7 Å². The second-order valence-corrected chi connectivity index (χ2v) is 6.30. The highest BCUT2D eigenvalue weighted by atomic mass is 16.5. The lowest BCUT2D eigenvalue weighted by molar-refractivity contribution is -0.147. The van der Waals surface area contributed by atoms with E-state index in [4.69, 9.17) is 4.74 Å². The molecule has 1 atom stereocenters. The van der Waals surface area contributed by atoms with E-state index in [0.717, 1.165) is 31.4 Å². The van der Waals surface area contributed by atoms with Crippen LogP contribution in [-0.2, 0) is 20.9 Å². The molecule has 0 spiro atoms. The number of hydrogen-bond acceptors (Lipinski definition) is 4. The molecule has 2 rings (SSSR count). The summed E-state index contributed by atoms with van der Waals surface area (Å²) in [7, 11) is 1.38. The molecule has 0 N–H and O–H groups in total. The minimum atomic E-state index is -0.337. The van der Waals surface area contributed by atoms with E-state index in [1.807, 2.05) is 18.2 Å². The first kappa shape index (κ1) is 17.4. The zero-order valence-electron chi connectivity index (χ0n) is 14.0. The Kier molecular flexibility index (Phi) is 6.56. The largest absolute Gasteiger partial charge is 0.469 e. The molecule has 0 saturated heterocycles. The van der Waals surface area contributed by atoms with E-state index in [-0.39, 0.29) is 23.7 Å². The average Bonchev–Trinajstić information content (AvgIpc) is 2.61. The summed E-state index contributed by atoms with van der Waals surface area (Å²) >= 11 is 0. The van der Waals surface area contributed by atoms with Crippen molar-refractivity contribution >= 4 is 11.9 Å². The highest BCUT2D eigenvalue weighted by Gasteiger charge is 2.28. The highest BCUT2D eigenvalue weighted by Crippen LogP contribution is 2.26. The molecule has 1 fully saturated rings. The van der Waals surface area contributed by atoms with Gasteiger partial charge in [0.25, 0.3) is 0 Å². The van der Waals surface area contributed by atoms with Crippen molar-refractivity contribution in [1.29, 1.82) is 0 Å². The molecular weight excluding hydrogens is 292 g/mol. The topological polar surface area (TPSA) is 59.5 Å². The first-order chi connectivity index (χ1) is 11.1. The molecule has 1 aliphatic rings. The molecule has 1 aromatic rings. The van der Waals surface area contributed by atoms with E-state index in [1.54, 1.807) is 18.0 Å². The van der Waals surface area contributed by atoms with Gasteiger partial charge >= 0.3 is 5.97 Å². The third kappa shape index (κ3) is 5.05. The fraction of sp³-hybridized carbons (Fsp3) is 0.611. The molecule has 1 amide bonds. The van der Waals surface area contributed by atoms with Gasteiger partial charge in [-0.2, -0.15) is 0 Å². The number of ether oxygens (including phenoxy) is 1. The summed E-state index contributed by atoms with van der Waals surface area (Å²) in [4.78, 5) is 30.7. The minimum Gasteiger partial charge on any atom is -0.469 e. The molecule has 1 heterocycles. The van der Waals surface area contributed by atoms with Gasteiger partial charge in [-0.1, -0.05) is 32.3 Å². The van der Waals surface area contributed by atoms with Gasteiger partial charge in [0.2, 0.25) is 5.91 Å². The number of pyridine rings is 1. The van der Waals surface area contributed by atoms with E-state index >= 15 is 0 Å². The van der Waals surface area contributed by atoms with Crippen LogP contribution in [0.25, 0.3) is 0 Å². The number of aromatic nitrogens is 1. The molecule has 0 aromatic carbocycles. The Morgan fingerprint density at radius 1 is 1.30 bits per heavy atom. The molecule has 126 valence electrons. The van der Waals surface area contributed by atoms with E-state index < -0.39 is 0 Å². The molecular formula is C18H26N2O3. The molecule has 0 aliphatic heterocycles. The van der Waals surface area contributed by atoms with E-state index in [0.29, 0.717) is 13.1 Å². The van der Waals surface area contributed by atoms with Crippen molar-refractivity contribution in [2.45, 2.75) is 45.6 Å². The third-order valence-electron chi connectivity index (χ3n) is 4.44. The Hall–Kier alpha value is -1.91. The molecule has 5 nitrogen and oxygen atoms in total. The molecule has 0 bridgehead atoms. The number of carbonyl (C=O) groups is 2. The third-order valence-corrected chi connectivity index (χ3v) is 4.44. The number of methoxy groups -OCH3 is 1. The monoisotopic (exact) mass is 318 g/mol. The number of carbonyl (C=O) groups excluding carboxylic acids is 2. The second-order valence-electron chi connectivity index (χ2n) is 6.30. The smallest absolute Gasteiger partial charge is 0.310 e. The summed E-state index contributed by atoms with van der Waals surface area (Å²) in [6, 6.07) is 5.67. The SMILES string of the molecule is COC(=O)C(C)CN(Cc1ccccn1)C(=O)C1CCCCC1. The van der Waals surface area contributed by atoms with Gasteiger partial charge in [-0.3, -0.25) is 14.6 Å². The maximum absolute atomic E-state index is 12.9. The Morgan fingerprint density at radius 2 is 2.04 bits per heavy atom. The van der Waals surface area contributed by atoms with Crippen molar-refractivity contribution in [2.75, 3.05) is 13.7 Å². The molecule has 1 saturated carbocycles. The fourth-order valence-electron chi connectivity index (χ4n) is 3.13. The molecule has 1 aromatic heterocycles. The van der Waals surface area contributed by atoms with Crippen molar-refractivity contribution in [3.05, 3.63) is 30.1 Å². The summed E-state index contributed by atoms with van der Waals surface area (Å²) in [6.07, 6.45) is 7.06. The number of amides is 1. The standard InChI is InChI=1S/C18H26N2O3/c1-14(18(22)23-2)12-20(13-16-10-6-7-11-19-16)17(21)15-8-4-3-5-9-15/h6-7,10-11,14-15H,3-5,8-9,12-13H2,1-2H3. The summed E-state index contributed by atoms with van der Waals surface area (Å²) < 4.78 is 4.80. The van der Waals surface area contributed by atoms with Crippen LogP contribution in [0, 0.1) is 11.8 Å². The van der Waals surface area contributed by atoms with Crippen LogP contribution < -0.4 is 0 Å². The normalized spacial score (nSPS) is 16.6. The number of esters is 1.